The lowest BCUT2D eigenvalue weighted by Gasteiger charge is -2.23. The van der Waals surface area contributed by atoms with Gasteiger partial charge >= 0.3 is 0 Å². The van der Waals surface area contributed by atoms with Crippen LogP contribution in [0.4, 0.5) is 0 Å². The molecule has 3 heteroatoms. The monoisotopic (exact) mass is 252 g/mol. The number of aromatic nitrogens is 1. The van der Waals surface area contributed by atoms with E-state index in [1.165, 1.54) is 48.5 Å². The molecule has 1 atom stereocenters. The molecule has 1 heterocycles. The van der Waals surface area contributed by atoms with Gasteiger partial charge in [-0.05, 0) is 38.6 Å². The van der Waals surface area contributed by atoms with Gasteiger partial charge in [-0.25, -0.2) is 4.98 Å². The fraction of sp³-hybridized carbons (Fsp3) is 0.786. The largest absolute Gasteiger partial charge is 0.308 e. The van der Waals surface area contributed by atoms with E-state index in [-0.39, 0.29) is 0 Å². The molecule has 1 aromatic rings. The molecule has 0 spiro atoms. The Morgan fingerprint density at radius 2 is 2.18 bits per heavy atom. The second kappa shape index (κ2) is 6.50. The summed E-state index contributed by atoms with van der Waals surface area (Å²) in [5.41, 5.74) is 0. The molecular formula is C14H24N2S. The average molecular weight is 252 g/mol. The smallest absolute Gasteiger partial charge is 0.109 e. The summed E-state index contributed by atoms with van der Waals surface area (Å²) in [6.45, 7) is 5.60. The molecule has 1 aliphatic carbocycles. The van der Waals surface area contributed by atoms with Crippen LogP contribution < -0.4 is 5.32 Å². The molecule has 1 aliphatic rings. The van der Waals surface area contributed by atoms with E-state index in [1.807, 2.05) is 17.5 Å². The SMILES string of the molecule is CCc1cnc(C(C)NCC2CCCCC2)s1. The molecule has 0 amide bonds. The summed E-state index contributed by atoms with van der Waals surface area (Å²) >= 11 is 1.85. The van der Waals surface area contributed by atoms with Crippen LogP contribution >= 0.6 is 11.3 Å². The van der Waals surface area contributed by atoms with E-state index in [9.17, 15) is 0 Å². The molecule has 17 heavy (non-hydrogen) atoms. The third-order valence-electron chi connectivity index (χ3n) is 3.73. The number of hydrogen-bond acceptors (Lipinski definition) is 3. The number of nitrogens with zero attached hydrogens (tertiary/aromatic N) is 1. The highest BCUT2D eigenvalue weighted by Gasteiger charge is 2.15. The first-order valence-corrected chi connectivity index (χ1v) is 7.79. The lowest BCUT2D eigenvalue weighted by molar-refractivity contribution is 0.331. The molecule has 0 bridgehead atoms. The fourth-order valence-corrected chi connectivity index (χ4v) is 3.39. The van der Waals surface area contributed by atoms with Gasteiger partial charge in [0.1, 0.15) is 5.01 Å². The number of aryl methyl sites for hydroxylation is 1. The predicted molar refractivity (Wildman–Crippen MR) is 74.5 cm³/mol. The average Bonchev–Trinajstić information content (AvgIpc) is 2.86. The lowest BCUT2D eigenvalue weighted by atomic mass is 9.89. The minimum absolute atomic E-state index is 0.419. The number of nitrogens with one attached hydrogen (secondary N) is 1. The van der Waals surface area contributed by atoms with E-state index in [0.717, 1.165) is 12.3 Å². The molecule has 1 N–H and O–H groups in total. The van der Waals surface area contributed by atoms with Crippen LogP contribution in [0.2, 0.25) is 0 Å². The van der Waals surface area contributed by atoms with Gasteiger partial charge < -0.3 is 5.32 Å². The summed E-state index contributed by atoms with van der Waals surface area (Å²) in [6, 6.07) is 0.419. The topological polar surface area (TPSA) is 24.9 Å². The normalized spacial score (nSPS) is 19.4. The quantitative estimate of drug-likeness (QED) is 0.858. The van der Waals surface area contributed by atoms with Crippen LogP contribution in [-0.2, 0) is 6.42 Å². The zero-order valence-corrected chi connectivity index (χ0v) is 11.9. The maximum atomic E-state index is 4.51. The lowest BCUT2D eigenvalue weighted by Crippen LogP contribution is -2.26. The molecular weight excluding hydrogens is 228 g/mol. The molecule has 1 unspecified atom stereocenters. The van der Waals surface area contributed by atoms with Gasteiger partial charge in [-0.15, -0.1) is 11.3 Å². The van der Waals surface area contributed by atoms with Crippen molar-refractivity contribution < 1.29 is 0 Å². The van der Waals surface area contributed by atoms with Crippen molar-refractivity contribution in [1.82, 2.24) is 10.3 Å². The van der Waals surface area contributed by atoms with E-state index in [4.69, 9.17) is 0 Å². The number of thiazole rings is 1. The summed E-state index contributed by atoms with van der Waals surface area (Å²) in [4.78, 5) is 5.90. The molecule has 1 aromatic heterocycles. The minimum Gasteiger partial charge on any atom is -0.308 e. The first-order valence-electron chi connectivity index (χ1n) is 6.97. The van der Waals surface area contributed by atoms with E-state index in [2.05, 4.69) is 24.1 Å². The molecule has 0 saturated heterocycles. The van der Waals surface area contributed by atoms with Crippen LogP contribution in [0.1, 0.15) is 61.9 Å². The first kappa shape index (κ1) is 13.0. The molecule has 1 saturated carbocycles. The van der Waals surface area contributed by atoms with Crippen molar-refractivity contribution in [1.29, 1.82) is 0 Å². The summed E-state index contributed by atoms with van der Waals surface area (Å²) in [5, 5.41) is 4.90. The Morgan fingerprint density at radius 1 is 1.41 bits per heavy atom. The van der Waals surface area contributed by atoms with Crippen molar-refractivity contribution in [2.24, 2.45) is 5.92 Å². The molecule has 0 radical (unpaired) electrons. The van der Waals surface area contributed by atoms with Gasteiger partial charge in [0, 0.05) is 11.1 Å². The van der Waals surface area contributed by atoms with Gasteiger partial charge in [0.2, 0.25) is 0 Å². The van der Waals surface area contributed by atoms with Gasteiger partial charge in [-0.2, -0.15) is 0 Å². The van der Waals surface area contributed by atoms with Gasteiger partial charge in [-0.3, -0.25) is 0 Å². The highest BCUT2D eigenvalue weighted by molar-refractivity contribution is 7.11. The van der Waals surface area contributed by atoms with E-state index < -0.39 is 0 Å². The Balaban J connectivity index is 1.77. The summed E-state index contributed by atoms with van der Waals surface area (Å²) in [6.07, 6.45) is 10.3. The number of rotatable bonds is 5. The zero-order chi connectivity index (χ0) is 12.1. The maximum absolute atomic E-state index is 4.51. The molecule has 1 fully saturated rings. The van der Waals surface area contributed by atoms with Crippen molar-refractivity contribution in [3.8, 4) is 0 Å². The Morgan fingerprint density at radius 3 is 2.82 bits per heavy atom. The highest BCUT2D eigenvalue weighted by Crippen LogP contribution is 2.25. The standard InChI is InChI=1S/C14H24N2S/c1-3-13-10-16-14(17-13)11(2)15-9-12-7-5-4-6-8-12/h10-12,15H,3-9H2,1-2H3. The van der Waals surface area contributed by atoms with Crippen molar-refractivity contribution in [2.75, 3.05) is 6.54 Å². The zero-order valence-electron chi connectivity index (χ0n) is 11.0. The van der Waals surface area contributed by atoms with Crippen molar-refractivity contribution >= 4 is 11.3 Å². The predicted octanol–water partition coefficient (Wildman–Crippen LogP) is 3.94. The Kier molecular flexibility index (Phi) is 4.99. The maximum Gasteiger partial charge on any atom is 0.109 e. The van der Waals surface area contributed by atoms with E-state index >= 15 is 0 Å². The second-order valence-electron chi connectivity index (χ2n) is 5.15. The van der Waals surface area contributed by atoms with E-state index in [1.54, 1.807) is 0 Å². The van der Waals surface area contributed by atoms with Crippen LogP contribution in [0.25, 0.3) is 0 Å². The van der Waals surface area contributed by atoms with E-state index in [0.29, 0.717) is 6.04 Å². The first-order chi connectivity index (χ1) is 8.29. The summed E-state index contributed by atoms with van der Waals surface area (Å²) in [7, 11) is 0. The van der Waals surface area contributed by atoms with Crippen molar-refractivity contribution in [2.45, 2.75) is 58.4 Å². The molecule has 96 valence electrons. The van der Waals surface area contributed by atoms with Crippen LogP contribution in [0, 0.1) is 5.92 Å². The molecule has 0 aromatic carbocycles. The van der Waals surface area contributed by atoms with Crippen molar-refractivity contribution in [3.05, 3.63) is 16.1 Å². The van der Waals surface area contributed by atoms with Gasteiger partial charge in [0.15, 0.2) is 0 Å². The van der Waals surface area contributed by atoms with Crippen LogP contribution in [0.15, 0.2) is 6.20 Å². The van der Waals surface area contributed by atoms with Gasteiger partial charge in [-0.1, -0.05) is 26.2 Å². The fourth-order valence-electron chi connectivity index (χ4n) is 2.51. The van der Waals surface area contributed by atoms with Gasteiger partial charge in [0.25, 0.3) is 0 Å². The molecule has 2 nitrogen and oxygen atoms in total. The molecule has 2 rings (SSSR count). The molecule has 0 aliphatic heterocycles. The van der Waals surface area contributed by atoms with Crippen LogP contribution in [0.5, 0.6) is 0 Å². The van der Waals surface area contributed by atoms with Gasteiger partial charge in [0.05, 0.1) is 6.04 Å². The Bertz CT molecular complexity index is 329. The Hall–Kier alpha value is -0.410. The second-order valence-corrected chi connectivity index (χ2v) is 6.30. The minimum atomic E-state index is 0.419. The van der Waals surface area contributed by atoms with Crippen LogP contribution in [-0.4, -0.2) is 11.5 Å². The third-order valence-corrected chi connectivity index (χ3v) is 5.05. The summed E-state index contributed by atoms with van der Waals surface area (Å²) < 4.78 is 0. The Labute approximate surface area is 109 Å². The summed E-state index contributed by atoms with van der Waals surface area (Å²) in [5.74, 6) is 0.900. The van der Waals surface area contributed by atoms with Crippen LogP contribution in [0.3, 0.4) is 0 Å². The number of hydrogen-bond donors (Lipinski definition) is 1. The van der Waals surface area contributed by atoms with Crippen molar-refractivity contribution in [3.63, 3.8) is 0 Å². The highest BCUT2D eigenvalue weighted by atomic mass is 32.1. The third kappa shape index (κ3) is 3.78.